The summed E-state index contributed by atoms with van der Waals surface area (Å²) in [6, 6.07) is 0. The third-order valence-electron chi connectivity index (χ3n) is 3.08. The van der Waals surface area contributed by atoms with Crippen LogP contribution in [0.2, 0.25) is 0 Å². The van der Waals surface area contributed by atoms with Crippen LogP contribution in [0, 0.1) is 0 Å². The minimum atomic E-state index is 0.998. The van der Waals surface area contributed by atoms with Crippen molar-refractivity contribution >= 4 is 0 Å². The molecule has 1 aliphatic rings. The zero-order chi connectivity index (χ0) is 11.6. The standard InChI is InChI=1S/C14H21N/c1-10(2)12(4)9-14-13(5)11(3)7-8-15(14)6/h7,9H,1,8H2,2-6H3/b12-9+. The van der Waals surface area contributed by atoms with E-state index in [1.807, 2.05) is 6.92 Å². The molecule has 1 heteroatoms. The van der Waals surface area contributed by atoms with Crippen LogP contribution in [0.25, 0.3) is 0 Å². The topological polar surface area (TPSA) is 3.24 Å². The number of likely N-dealkylation sites (N-methyl/N-ethyl adjacent to an activating group) is 1. The Morgan fingerprint density at radius 3 is 2.53 bits per heavy atom. The van der Waals surface area contributed by atoms with Crippen LogP contribution in [0.4, 0.5) is 0 Å². The van der Waals surface area contributed by atoms with Crippen molar-refractivity contribution in [2.75, 3.05) is 13.6 Å². The molecule has 0 saturated carbocycles. The SMILES string of the molecule is C=C(C)/C(C)=C/C1=C(C)C(C)=CCN1C. The van der Waals surface area contributed by atoms with E-state index in [1.54, 1.807) is 0 Å². The lowest BCUT2D eigenvalue weighted by molar-refractivity contribution is 0.465. The van der Waals surface area contributed by atoms with Gasteiger partial charge < -0.3 is 4.90 Å². The molecule has 1 nitrogen and oxygen atoms in total. The Bertz CT molecular complexity index is 367. The predicted octanol–water partition coefficient (Wildman–Crippen LogP) is 3.67. The Labute approximate surface area is 93.5 Å². The second-order valence-corrected chi connectivity index (χ2v) is 4.39. The summed E-state index contributed by atoms with van der Waals surface area (Å²) in [6.07, 6.45) is 4.50. The predicted molar refractivity (Wildman–Crippen MR) is 67.7 cm³/mol. The first kappa shape index (κ1) is 11.8. The van der Waals surface area contributed by atoms with Gasteiger partial charge in [-0.15, -0.1) is 0 Å². The van der Waals surface area contributed by atoms with Crippen molar-refractivity contribution in [3.05, 3.63) is 46.7 Å². The quantitative estimate of drug-likeness (QED) is 0.619. The minimum Gasteiger partial charge on any atom is -0.371 e. The maximum absolute atomic E-state index is 3.97. The van der Waals surface area contributed by atoms with E-state index in [9.17, 15) is 0 Å². The molecule has 0 aromatic heterocycles. The lowest BCUT2D eigenvalue weighted by Gasteiger charge is -2.27. The molecule has 0 N–H and O–H groups in total. The van der Waals surface area contributed by atoms with Crippen molar-refractivity contribution in [3.63, 3.8) is 0 Å². The molecule has 0 atom stereocenters. The number of allylic oxidation sites excluding steroid dienone is 5. The third-order valence-corrected chi connectivity index (χ3v) is 3.08. The highest BCUT2D eigenvalue weighted by molar-refractivity contribution is 5.43. The van der Waals surface area contributed by atoms with Crippen molar-refractivity contribution in [1.29, 1.82) is 0 Å². The van der Waals surface area contributed by atoms with Gasteiger partial charge in [0, 0.05) is 19.3 Å². The van der Waals surface area contributed by atoms with Gasteiger partial charge in [-0.3, -0.25) is 0 Å². The molecule has 0 fully saturated rings. The Balaban J connectivity index is 3.11. The average Bonchev–Trinajstić information content (AvgIpc) is 2.18. The lowest BCUT2D eigenvalue weighted by atomic mass is 10.00. The second kappa shape index (κ2) is 4.52. The summed E-state index contributed by atoms with van der Waals surface area (Å²) in [4.78, 5) is 2.27. The maximum atomic E-state index is 3.97. The first-order valence-corrected chi connectivity index (χ1v) is 5.36. The van der Waals surface area contributed by atoms with E-state index in [1.165, 1.54) is 22.4 Å². The second-order valence-electron chi connectivity index (χ2n) is 4.39. The van der Waals surface area contributed by atoms with Gasteiger partial charge >= 0.3 is 0 Å². The van der Waals surface area contributed by atoms with Gasteiger partial charge in [-0.25, -0.2) is 0 Å². The number of rotatable bonds is 2. The fourth-order valence-corrected chi connectivity index (χ4v) is 1.56. The van der Waals surface area contributed by atoms with E-state index >= 15 is 0 Å². The summed E-state index contributed by atoms with van der Waals surface area (Å²) < 4.78 is 0. The molecule has 1 heterocycles. The van der Waals surface area contributed by atoms with E-state index < -0.39 is 0 Å². The highest BCUT2D eigenvalue weighted by Crippen LogP contribution is 2.24. The third kappa shape index (κ3) is 2.62. The van der Waals surface area contributed by atoms with Crippen LogP contribution in [-0.2, 0) is 0 Å². The number of hydrogen-bond donors (Lipinski definition) is 0. The normalized spacial score (nSPS) is 18.1. The first-order chi connectivity index (χ1) is 6.93. The highest BCUT2D eigenvalue weighted by atomic mass is 15.1. The fourth-order valence-electron chi connectivity index (χ4n) is 1.56. The molecule has 0 radical (unpaired) electrons. The van der Waals surface area contributed by atoms with Crippen molar-refractivity contribution in [3.8, 4) is 0 Å². The number of nitrogens with zero attached hydrogens (tertiary/aromatic N) is 1. The Kier molecular flexibility index (Phi) is 3.57. The van der Waals surface area contributed by atoms with Gasteiger partial charge in [0.1, 0.15) is 0 Å². The van der Waals surface area contributed by atoms with E-state index in [4.69, 9.17) is 0 Å². The van der Waals surface area contributed by atoms with Crippen molar-refractivity contribution in [2.45, 2.75) is 27.7 Å². The van der Waals surface area contributed by atoms with Crippen LogP contribution in [0.5, 0.6) is 0 Å². The molecule has 0 spiro atoms. The van der Waals surface area contributed by atoms with E-state index in [-0.39, 0.29) is 0 Å². The largest absolute Gasteiger partial charge is 0.371 e. The van der Waals surface area contributed by atoms with Gasteiger partial charge in [-0.2, -0.15) is 0 Å². The van der Waals surface area contributed by atoms with Gasteiger partial charge in [-0.05, 0) is 50.5 Å². The van der Waals surface area contributed by atoms with E-state index in [0.717, 1.165) is 12.1 Å². The average molecular weight is 203 g/mol. The van der Waals surface area contributed by atoms with Gasteiger partial charge in [0.25, 0.3) is 0 Å². The molecule has 0 aromatic carbocycles. The molecule has 0 amide bonds. The van der Waals surface area contributed by atoms with Crippen molar-refractivity contribution in [2.24, 2.45) is 0 Å². The molecule has 0 aliphatic carbocycles. The van der Waals surface area contributed by atoms with E-state index in [2.05, 4.69) is 51.4 Å². The fraction of sp³-hybridized carbons (Fsp3) is 0.429. The Morgan fingerprint density at radius 1 is 1.40 bits per heavy atom. The smallest absolute Gasteiger partial charge is 0.0401 e. The maximum Gasteiger partial charge on any atom is 0.0401 e. The Hall–Kier alpha value is -1.24. The molecule has 0 saturated heterocycles. The summed E-state index contributed by atoms with van der Waals surface area (Å²) in [5, 5.41) is 0. The summed E-state index contributed by atoms with van der Waals surface area (Å²) in [5.41, 5.74) is 6.45. The van der Waals surface area contributed by atoms with Crippen LogP contribution < -0.4 is 0 Å². The molecule has 0 aromatic rings. The Morgan fingerprint density at radius 2 is 2.00 bits per heavy atom. The number of hydrogen-bond acceptors (Lipinski definition) is 1. The van der Waals surface area contributed by atoms with Crippen molar-refractivity contribution < 1.29 is 0 Å². The van der Waals surface area contributed by atoms with Gasteiger partial charge in [0.15, 0.2) is 0 Å². The summed E-state index contributed by atoms with van der Waals surface area (Å²) in [6.45, 7) is 13.5. The monoisotopic (exact) mass is 203 g/mol. The van der Waals surface area contributed by atoms with Gasteiger partial charge in [0.2, 0.25) is 0 Å². The molecule has 1 aliphatic heterocycles. The molecule has 1 rings (SSSR count). The van der Waals surface area contributed by atoms with Crippen LogP contribution >= 0.6 is 0 Å². The van der Waals surface area contributed by atoms with Crippen molar-refractivity contribution in [1.82, 2.24) is 4.90 Å². The molecule has 82 valence electrons. The van der Waals surface area contributed by atoms with Gasteiger partial charge in [0.05, 0.1) is 0 Å². The first-order valence-electron chi connectivity index (χ1n) is 5.36. The summed E-state index contributed by atoms with van der Waals surface area (Å²) >= 11 is 0. The summed E-state index contributed by atoms with van der Waals surface area (Å²) in [5.74, 6) is 0. The summed E-state index contributed by atoms with van der Waals surface area (Å²) in [7, 11) is 2.13. The van der Waals surface area contributed by atoms with E-state index in [0.29, 0.717) is 0 Å². The minimum absolute atomic E-state index is 0.998. The van der Waals surface area contributed by atoms with Crippen LogP contribution in [-0.4, -0.2) is 18.5 Å². The molecule has 0 bridgehead atoms. The van der Waals surface area contributed by atoms with Crippen LogP contribution in [0.15, 0.2) is 46.7 Å². The van der Waals surface area contributed by atoms with Crippen LogP contribution in [0.3, 0.4) is 0 Å². The van der Waals surface area contributed by atoms with Gasteiger partial charge in [-0.1, -0.05) is 18.2 Å². The zero-order valence-electron chi connectivity index (χ0n) is 10.5. The lowest BCUT2D eigenvalue weighted by Crippen LogP contribution is -2.22. The molecular weight excluding hydrogens is 182 g/mol. The highest BCUT2D eigenvalue weighted by Gasteiger charge is 2.11. The molecule has 15 heavy (non-hydrogen) atoms. The van der Waals surface area contributed by atoms with Crippen LogP contribution in [0.1, 0.15) is 27.7 Å². The zero-order valence-corrected chi connectivity index (χ0v) is 10.5. The molecule has 0 unspecified atom stereocenters. The molecular formula is C14H21N.